The number of rotatable bonds is 5. The molecule has 1 amide bonds. The summed E-state index contributed by atoms with van der Waals surface area (Å²) in [5.74, 6) is 0.711. The summed E-state index contributed by atoms with van der Waals surface area (Å²) < 4.78 is 10.6. The van der Waals surface area contributed by atoms with E-state index in [2.05, 4.69) is 0 Å². The monoisotopic (exact) mass is 283 g/mol. The van der Waals surface area contributed by atoms with E-state index in [1.165, 1.54) is 0 Å². The highest BCUT2D eigenvalue weighted by Gasteiger charge is 2.23. The van der Waals surface area contributed by atoms with E-state index in [1.54, 1.807) is 24.1 Å². The van der Waals surface area contributed by atoms with Crippen molar-refractivity contribution in [2.24, 2.45) is 0 Å². The third-order valence-electron chi connectivity index (χ3n) is 3.39. The molecule has 1 unspecified atom stereocenters. The minimum absolute atomic E-state index is 0.0433. The molecule has 2 aromatic rings. The lowest BCUT2D eigenvalue weighted by Gasteiger charge is -2.17. The van der Waals surface area contributed by atoms with E-state index in [-0.39, 0.29) is 12.0 Å². The Morgan fingerprint density at radius 3 is 2.48 bits per heavy atom. The highest BCUT2D eigenvalue weighted by atomic mass is 16.6. The molecular formula is C17H17NO3. The van der Waals surface area contributed by atoms with Crippen molar-refractivity contribution in [3.8, 4) is 5.75 Å². The maximum Gasteiger partial charge on any atom is 0.258 e. The Hall–Kier alpha value is -2.33. The highest BCUT2D eigenvalue weighted by molar-refractivity contribution is 6.05. The molecule has 21 heavy (non-hydrogen) atoms. The second-order valence-electron chi connectivity index (χ2n) is 4.99. The number of benzene rings is 2. The van der Waals surface area contributed by atoms with E-state index in [0.29, 0.717) is 12.2 Å². The van der Waals surface area contributed by atoms with Gasteiger partial charge in [0.1, 0.15) is 18.5 Å². The van der Waals surface area contributed by atoms with Crippen LogP contribution in [0.25, 0.3) is 0 Å². The van der Waals surface area contributed by atoms with Crippen LogP contribution in [0.1, 0.15) is 10.4 Å². The molecule has 1 aliphatic heterocycles. The van der Waals surface area contributed by atoms with E-state index >= 15 is 0 Å². The fourth-order valence-corrected chi connectivity index (χ4v) is 2.01. The van der Waals surface area contributed by atoms with Gasteiger partial charge in [-0.25, -0.2) is 0 Å². The van der Waals surface area contributed by atoms with Gasteiger partial charge in [0, 0.05) is 18.3 Å². The van der Waals surface area contributed by atoms with E-state index in [0.717, 1.165) is 18.0 Å². The van der Waals surface area contributed by atoms with Crippen molar-refractivity contribution in [3.63, 3.8) is 0 Å². The molecule has 3 rings (SSSR count). The zero-order chi connectivity index (χ0) is 14.7. The van der Waals surface area contributed by atoms with Crippen LogP contribution in [0.4, 0.5) is 5.69 Å². The van der Waals surface area contributed by atoms with Crippen LogP contribution >= 0.6 is 0 Å². The zero-order valence-electron chi connectivity index (χ0n) is 11.9. The Morgan fingerprint density at radius 2 is 1.86 bits per heavy atom. The first-order valence-electron chi connectivity index (χ1n) is 6.91. The lowest BCUT2D eigenvalue weighted by molar-refractivity contribution is 0.0993. The van der Waals surface area contributed by atoms with Crippen LogP contribution in [-0.4, -0.2) is 32.3 Å². The highest BCUT2D eigenvalue weighted by Crippen LogP contribution is 2.18. The number of hydrogen-bond donors (Lipinski definition) is 0. The summed E-state index contributed by atoms with van der Waals surface area (Å²) in [5, 5.41) is 0. The molecule has 0 N–H and O–H groups in total. The van der Waals surface area contributed by atoms with Crippen molar-refractivity contribution in [3.05, 3.63) is 60.2 Å². The first kappa shape index (κ1) is 13.6. The predicted molar refractivity (Wildman–Crippen MR) is 80.9 cm³/mol. The molecule has 4 nitrogen and oxygen atoms in total. The fourth-order valence-electron chi connectivity index (χ4n) is 2.01. The molecule has 2 aromatic carbocycles. The minimum Gasteiger partial charge on any atom is -0.491 e. The maximum absolute atomic E-state index is 12.4. The normalized spacial score (nSPS) is 16.3. The molecule has 4 heteroatoms. The minimum atomic E-state index is -0.0433. The van der Waals surface area contributed by atoms with Gasteiger partial charge in [-0.3, -0.25) is 4.79 Å². The Morgan fingerprint density at radius 1 is 1.19 bits per heavy atom. The van der Waals surface area contributed by atoms with Gasteiger partial charge < -0.3 is 14.4 Å². The van der Waals surface area contributed by atoms with Gasteiger partial charge >= 0.3 is 0 Å². The Bertz CT molecular complexity index is 606. The summed E-state index contributed by atoms with van der Waals surface area (Å²) in [6, 6.07) is 16.8. The van der Waals surface area contributed by atoms with Crippen LogP contribution in [0.3, 0.4) is 0 Å². The van der Waals surface area contributed by atoms with Crippen molar-refractivity contribution in [2.45, 2.75) is 6.10 Å². The summed E-state index contributed by atoms with van der Waals surface area (Å²) in [6.45, 7) is 1.34. The van der Waals surface area contributed by atoms with Gasteiger partial charge in [-0.1, -0.05) is 18.2 Å². The first-order chi connectivity index (χ1) is 10.2. The van der Waals surface area contributed by atoms with Gasteiger partial charge in [0.15, 0.2) is 0 Å². The molecule has 0 aromatic heterocycles. The number of anilines is 1. The standard InChI is InChI=1S/C17H17NO3/c1-18(14-5-3-2-4-6-14)17(19)13-7-9-15(10-8-13)20-11-16-12-21-16/h2-10,16H,11-12H2,1H3. The number of nitrogens with zero attached hydrogens (tertiary/aromatic N) is 1. The Kier molecular flexibility index (Phi) is 3.88. The number of epoxide rings is 1. The summed E-state index contributed by atoms with van der Waals surface area (Å²) in [5.41, 5.74) is 1.50. The lowest BCUT2D eigenvalue weighted by Crippen LogP contribution is -2.26. The predicted octanol–water partition coefficient (Wildman–Crippen LogP) is 2.74. The molecule has 0 radical (unpaired) electrons. The van der Waals surface area contributed by atoms with Gasteiger partial charge in [0.25, 0.3) is 5.91 Å². The second kappa shape index (κ2) is 5.97. The van der Waals surface area contributed by atoms with Gasteiger partial charge in [0.2, 0.25) is 0 Å². The average Bonchev–Trinajstić information content (AvgIpc) is 3.37. The topological polar surface area (TPSA) is 42.1 Å². The number of hydrogen-bond acceptors (Lipinski definition) is 3. The molecule has 0 saturated carbocycles. The summed E-state index contributed by atoms with van der Waals surface area (Å²) in [6.07, 6.45) is 0.232. The number of carbonyl (C=O) groups is 1. The van der Waals surface area contributed by atoms with E-state index in [1.807, 2.05) is 42.5 Å². The van der Waals surface area contributed by atoms with Crippen LogP contribution in [0, 0.1) is 0 Å². The molecular weight excluding hydrogens is 266 g/mol. The smallest absolute Gasteiger partial charge is 0.258 e. The number of amides is 1. The van der Waals surface area contributed by atoms with Gasteiger partial charge in [0.05, 0.1) is 6.61 Å². The quantitative estimate of drug-likeness (QED) is 0.792. The number of para-hydroxylation sites is 1. The lowest BCUT2D eigenvalue weighted by atomic mass is 10.2. The van der Waals surface area contributed by atoms with Gasteiger partial charge in [-0.15, -0.1) is 0 Å². The van der Waals surface area contributed by atoms with Crippen LogP contribution in [0.5, 0.6) is 5.75 Å². The first-order valence-corrected chi connectivity index (χ1v) is 6.91. The molecule has 0 aliphatic carbocycles. The van der Waals surface area contributed by atoms with Crippen LogP contribution < -0.4 is 9.64 Å². The third-order valence-corrected chi connectivity index (χ3v) is 3.39. The van der Waals surface area contributed by atoms with Gasteiger partial charge in [-0.05, 0) is 36.4 Å². The van der Waals surface area contributed by atoms with E-state index < -0.39 is 0 Å². The summed E-state index contributed by atoms with van der Waals surface area (Å²) in [4.78, 5) is 14.0. The Labute approximate surface area is 123 Å². The largest absolute Gasteiger partial charge is 0.491 e. The Balaban J connectivity index is 1.66. The number of carbonyl (C=O) groups excluding carboxylic acids is 1. The van der Waals surface area contributed by atoms with Crippen molar-refractivity contribution in [2.75, 3.05) is 25.2 Å². The summed E-state index contributed by atoms with van der Waals surface area (Å²) >= 11 is 0. The molecule has 1 fully saturated rings. The van der Waals surface area contributed by atoms with Crippen molar-refractivity contribution in [1.29, 1.82) is 0 Å². The molecule has 1 aliphatic rings. The molecule has 108 valence electrons. The zero-order valence-corrected chi connectivity index (χ0v) is 11.9. The second-order valence-corrected chi connectivity index (χ2v) is 4.99. The fraction of sp³-hybridized carbons (Fsp3) is 0.235. The molecule has 0 bridgehead atoms. The molecule has 1 saturated heterocycles. The molecule has 1 heterocycles. The SMILES string of the molecule is CN(C(=O)c1ccc(OCC2CO2)cc1)c1ccccc1. The van der Waals surface area contributed by atoms with Crippen LogP contribution in [0.2, 0.25) is 0 Å². The average molecular weight is 283 g/mol. The third kappa shape index (κ3) is 3.41. The summed E-state index contributed by atoms with van der Waals surface area (Å²) in [7, 11) is 1.77. The van der Waals surface area contributed by atoms with Crippen LogP contribution in [-0.2, 0) is 4.74 Å². The van der Waals surface area contributed by atoms with Gasteiger partial charge in [-0.2, -0.15) is 0 Å². The van der Waals surface area contributed by atoms with E-state index in [9.17, 15) is 4.79 Å². The van der Waals surface area contributed by atoms with Crippen LogP contribution in [0.15, 0.2) is 54.6 Å². The van der Waals surface area contributed by atoms with E-state index in [4.69, 9.17) is 9.47 Å². The van der Waals surface area contributed by atoms with Crippen molar-refractivity contribution >= 4 is 11.6 Å². The van der Waals surface area contributed by atoms with Crippen molar-refractivity contribution < 1.29 is 14.3 Å². The number of ether oxygens (including phenoxy) is 2. The maximum atomic E-state index is 12.4. The molecule has 1 atom stereocenters. The molecule has 0 spiro atoms. The van der Waals surface area contributed by atoms with Crippen molar-refractivity contribution in [1.82, 2.24) is 0 Å².